The van der Waals surface area contributed by atoms with Crippen molar-refractivity contribution in [2.45, 2.75) is 104 Å². The first-order chi connectivity index (χ1) is 26.2. The predicted octanol–water partition coefficient (Wildman–Crippen LogP) is 12.2. The van der Waals surface area contributed by atoms with E-state index in [1.165, 1.54) is 50.4 Å². The highest BCUT2D eigenvalue weighted by Gasteiger charge is 2.63. The van der Waals surface area contributed by atoms with Crippen LogP contribution in [0.1, 0.15) is 85.9 Å². The minimum atomic E-state index is -0.0544. The van der Waals surface area contributed by atoms with Crippen molar-refractivity contribution in [2.75, 3.05) is 4.90 Å². The van der Waals surface area contributed by atoms with Gasteiger partial charge >= 0.3 is 0 Å². The van der Waals surface area contributed by atoms with E-state index in [0.29, 0.717) is 12.5 Å². The van der Waals surface area contributed by atoms with Crippen molar-refractivity contribution in [3.8, 4) is 5.75 Å². The lowest BCUT2D eigenvalue weighted by Crippen LogP contribution is -2.61. The van der Waals surface area contributed by atoms with E-state index in [9.17, 15) is 0 Å². The Balaban J connectivity index is 1.23. The lowest BCUT2D eigenvalue weighted by Gasteiger charge is -2.57. The molecular formula is C50H51BN2O2. The Hall–Kier alpha value is -4.90. The van der Waals surface area contributed by atoms with Crippen molar-refractivity contribution in [1.29, 1.82) is 0 Å². The summed E-state index contributed by atoms with van der Waals surface area (Å²) in [7, 11) is 0. The molecule has 11 rings (SSSR count). The number of ether oxygens (including phenoxy) is 1. The van der Waals surface area contributed by atoms with Gasteiger partial charge in [0.1, 0.15) is 17.4 Å². The fourth-order valence-electron chi connectivity index (χ4n) is 11.0. The highest BCUT2D eigenvalue weighted by atomic mass is 16.5. The van der Waals surface area contributed by atoms with Gasteiger partial charge in [0.25, 0.3) is 0 Å². The van der Waals surface area contributed by atoms with Gasteiger partial charge in [0, 0.05) is 44.8 Å². The smallest absolute Gasteiger partial charge is 0.200 e. The molecule has 0 radical (unpaired) electrons. The molecule has 4 nitrogen and oxygen atoms in total. The summed E-state index contributed by atoms with van der Waals surface area (Å²) in [5, 5.41) is 2.33. The van der Waals surface area contributed by atoms with Gasteiger partial charge < -0.3 is 19.0 Å². The molecule has 2 aliphatic carbocycles. The van der Waals surface area contributed by atoms with Gasteiger partial charge in [-0.25, -0.2) is 0 Å². The number of rotatable bonds is 1. The minimum absolute atomic E-state index is 0.0114. The minimum Gasteiger partial charge on any atom is -0.483 e. The highest BCUT2D eigenvalue weighted by molar-refractivity contribution is 6.80. The Morgan fingerprint density at radius 3 is 2.27 bits per heavy atom. The lowest BCUT2D eigenvalue weighted by atomic mass is 9.24. The van der Waals surface area contributed by atoms with Crippen LogP contribution < -0.4 is 15.1 Å². The first-order valence-corrected chi connectivity index (χ1v) is 20.5. The van der Waals surface area contributed by atoms with Crippen LogP contribution in [-0.4, -0.2) is 23.8 Å². The van der Waals surface area contributed by atoms with E-state index in [0.717, 1.165) is 39.8 Å². The first kappa shape index (κ1) is 33.4. The summed E-state index contributed by atoms with van der Waals surface area (Å²) in [6.07, 6.45) is 8.83. The largest absolute Gasteiger partial charge is 0.483 e. The van der Waals surface area contributed by atoms with Gasteiger partial charge in [0.05, 0.1) is 17.8 Å². The van der Waals surface area contributed by atoms with Crippen LogP contribution in [0.25, 0.3) is 21.9 Å². The molecule has 0 amide bonds. The van der Waals surface area contributed by atoms with Crippen LogP contribution in [0.4, 0.5) is 11.4 Å². The molecule has 0 N–H and O–H groups in total. The fourth-order valence-corrected chi connectivity index (χ4v) is 11.0. The summed E-state index contributed by atoms with van der Waals surface area (Å²) in [4.78, 5) is 5.49. The monoisotopic (exact) mass is 722 g/mol. The number of hydrogen-bond acceptors (Lipinski definition) is 4. The van der Waals surface area contributed by atoms with Crippen molar-refractivity contribution in [3.63, 3.8) is 0 Å². The van der Waals surface area contributed by atoms with Gasteiger partial charge in [-0.05, 0) is 70.0 Å². The first-order valence-electron chi connectivity index (χ1n) is 20.5. The SMILES string of the molecule is CC(C)(C)C1=CC2C3B(c4ccc(C(C)(C)C)cc4N(c4cccc5c4oc4ccccc45)C3=C1)C1CC(C(C)(C)C)=CC3=C1N2C1c2ccccc2OC31. The number of para-hydroxylation sites is 3. The third-order valence-corrected chi connectivity index (χ3v) is 13.8. The fraction of sp³-hybridized carbons (Fsp3) is 0.360. The van der Waals surface area contributed by atoms with Crippen LogP contribution in [0.3, 0.4) is 0 Å². The van der Waals surface area contributed by atoms with E-state index in [4.69, 9.17) is 9.15 Å². The average Bonchev–Trinajstić information content (AvgIpc) is 3.81. The highest BCUT2D eigenvalue weighted by Crippen LogP contribution is 2.65. The molecule has 0 spiro atoms. The standard InChI is InChI=1S/C50H51BN2O2/c1-48(2,3)28-21-22-35-38(25-28)52(37-18-14-17-32-31-15-10-12-19-41(31)54-46(32)37)39-26-30(50(7,8)9)27-40-43(39)51(35)36-24-29(49(4,5)6)23-34-44(36)53(40)45-33-16-11-13-20-42(33)55-47(34)45/h10-23,25-27,36,40,43,45,47H,24H2,1-9H3. The number of benzene rings is 4. The van der Waals surface area contributed by atoms with E-state index in [1.54, 1.807) is 0 Å². The van der Waals surface area contributed by atoms with E-state index in [2.05, 4.69) is 175 Å². The zero-order valence-corrected chi connectivity index (χ0v) is 33.7. The summed E-state index contributed by atoms with van der Waals surface area (Å²) in [6.45, 7) is 21.6. The Morgan fingerprint density at radius 1 is 0.727 bits per heavy atom. The second-order valence-corrected chi connectivity index (χ2v) is 20.1. The number of furan rings is 1. The Kier molecular flexibility index (Phi) is 6.63. The van der Waals surface area contributed by atoms with Crippen LogP contribution in [0.5, 0.6) is 5.75 Å². The maximum Gasteiger partial charge on any atom is 0.200 e. The van der Waals surface area contributed by atoms with Crippen molar-refractivity contribution < 1.29 is 9.15 Å². The maximum absolute atomic E-state index is 7.04. The summed E-state index contributed by atoms with van der Waals surface area (Å²) in [5.41, 5.74) is 15.6. The molecule has 1 aromatic heterocycles. The predicted molar refractivity (Wildman–Crippen MR) is 228 cm³/mol. The van der Waals surface area contributed by atoms with Gasteiger partial charge in [-0.3, -0.25) is 0 Å². The second-order valence-electron chi connectivity index (χ2n) is 20.1. The number of anilines is 2. The van der Waals surface area contributed by atoms with Crippen LogP contribution >= 0.6 is 0 Å². The molecule has 6 aliphatic rings. The lowest BCUT2D eigenvalue weighted by molar-refractivity contribution is 0.150. The summed E-state index contributed by atoms with van der Waals surface area (Å²) in [5.74, 6) is 1.58. The second kappa shape index (κ2) is 10.9. The topological polar surface area (TPSA) is 28.9 Å². The molecule has 4 aromatic carbocycles. The number of nitrogens with zero attached hydrogens (tertiary/aromatic N) is 2. The molecule has 55 heavy (non-hydrogen) atoms. The quantitative estimate of drug-likeness (QED) is 0.161. The summed E-state index contributed by atoms with van der Waals surface area (Å²) in [6, 6.07) is 31.8. The van der Waals surface area contributed by atoms with E-state index in [1.807, 2.05) is 0 Å². The third kappa shape index (κ3) is 4.59. The van der Waals surface area contributed by atoms with Gasteiger partial charge in [-0.1, -0.05) is 146 Å². The van der Waals surface area contributed by atoms with Gasteiger partial charge in [-0.2, -0.15) is 0 Å². The van der Waals surface area contributed by atoms with Crippen LogP contribution in [0.15, 0.2) is 136 Å². The number of allylic oxidation sites excluding steroid dienone is 4. The van der Waals surface area contributed by atoms with Crippen molar-refractivity contribution in [2.24, 2.45) is 10.8 Å². The summed E-state index contributed by atoms with van der Waals surface area (Å²) < 4.78 is 13.9. The van der Waals surface area contributed by atoms with E-state index in [-0.39, 0.29) is 40.2 Å². The van der Waals surface area contributed by atoms with E-state index >= 15 is 0 Å². The molecule has 1 saturated heterocycles. The average molecular weight is 723 g/mol. The molecule has 0 bridgehead atoms. The van der Waals surface area contributed by atoms with Crippen LogP contribution in [0, 0.1) is 10.8 Å². The van der Waals surface area contributed by atoms with Crippen molar-refractivity contribution >= 4 is 45.5 Å². The molecule has 5 unspecified atom stereocenters. The molecule has 4 aliphatic heterocycles. The van der Waals surface area contributed by atoms with E-state index < -0.39 is 0 Å². The zero-order valence-electron chi connectivity index (χ0n) is 33.7. The van der Waals surface area contributed by atoms with Gasteiger partial charge in [0.2, 0.25) is 6.71 Å². The summed E-state index contributed by atoms with van der Waals surface area (Å²) >= 11 is 0. The molecule has 5 atom stereocenters. The zero-order chi connectivity index (χ0) is 37.9. The number of hydrogen-bond donors (Lipinski definition) is 0. The normalized spacial score (nSPS) is 25.2. The molecule has 0 saturated carbocycles. The molecule has 1 fully saturated rings. The van der Waals surface area contributed by atoms with Gasteiger partial charge in [0.15, 0.2) is 5.58 Å². The van der Waals surface area contributed by atoms with Gasteiger partial charge in [-0.15, -0.1) is 0 Å². The van der Waals surface area contributed by atoms with Crippen molar-refractivity contribution in [1.82, 2.24) is 4.90 Å². The maximum atomic E-state index is 7.04. The Morgan fingerprint density at radius 2 is 1.49 bits per heavy atom. The molecule has 276 valence electrons. The molecule has 5 heterocycles. The van der Waals surface area contributed by atoms with Crippen LogP contribution in [-0.2, 0) is 5.41 Å². The molecule has 5 heteroatoms. The van der Waals surface area contributed by atoms with Crippen molar-refractivity contribution in [3.05, 3.63) is 142 Å². The molecular weight excluding hydrogens is 671 g/mol. The Labute approximate surface area is 326 Å². The Bertz CT molecular complexity index is 2620. The van der Waals surface area contributed by atoms with Crippen LogP contribution in [0.2, 0.25) is 11.6 Å². The third-order valence-electron chi connectivity index (χ3n) is 13.8. The number of fused-ring (bicyclic) bond motifs is 12. The molecule has 5 aromatic rings.